The van der Waals surface area contributed by atoms with Gasteiger partial charge in [0.25, 0.3) is 5.69 Å². The van der Waals surface area contributed by atoms with Crippen molar-refractivity contribution in [1.82, 2.24) is 4.98 Å². The number of pyridine rings is 1. The van der Waals surface area contributed by atoms with E-state index in [2.05, 4.69) is 10.3 Å². The van der Waals surface area contributed by atoms with Gasteiger partial charge in [0.2, 0.25) is 0 Å². The zero-order valence-corrected chi connectivity index (χ0v) is 10.8. The predicted octanol–water partition coefficient (Wildman–Crippen LogP) is 3.72. The van der Waals surface area contributed by atoms with Gasteiger partial charge in [-0.15, -0.1) is 0 Å². The van der Waals surface area contributed by atoms with Crippen LogP contribution in [-0.2, 0) is 6.18 Å². The topological polar surface area (TPSA) is 68.1 Å². The number of aromatic nitrogens is 1. The number of alkyl halides is 3. The van der Waals surface area contributed by atoms with Gasteiger partial charge in [0.05, 0.1) is 22.2 Å². The number of halogens is 3. The van der Waals surface area contributed by atoms with Crippen molar-refractivity contribution in [1.29, 1.82) is 0 Å². The number of anilines is 1. The Bertz CT molecular complexity index is 687. The van der Waals surface area contributed by atoms with Crippen molar-refractivity contribution in [2.24, 2.45) is 0 Å². The van der Waals surface area contributed by atoms with E-state index in [1.807, 2.05) is 0 Å². The molecule has 0 aliphatic rings. The first-order chi connectivity index (χ1) is 9.82. The average Bonchev–Trinajstić information content (AvgIpc) is 2.45. The van der Waals surface area contributed by atoms with Gasteiger partial charge >= 0.3 is 6.18 Å². The zero-order chi connectivity index (χ0) is 15.6. The van der Waals surface area contributed by atoms with Crippen LogP contribution in [0.5, 0.6) is 0 Å². The van der Waals surface area contributed by atoms with Gasteiger partial charge in [-0.3, -0.25) is 10.1 Å². The second-order valence-corrected chi connectivity index (χ2v) is 4.15. The molecule has 1 aromatic carbocycles. The molecule has 110 valence electrons. The van der Waals surface area contributed by atoms with Gasteiger partial charge < -0.3 is 5.32 Å². The van der Waals surface area contributed by atoms with Gasteiger partial charge in [-0.05, 0) is 6.07 Å². The normalized spacial score (nSPS) is 11.2. The van der Waals surface area contributed by atoms with E-state index in [1.54, 1.807) is 0 Å². The number of nitro groups is 1. The van der Waals surface area contributed by atoms with Crippen molar-refractivity contribution < 1.29 is 18.1 Å². The van der Waals surface area contributed by atoms with Crippen LogP contribution in [0.1, 0.15) is 5.56 Å². The van der Waals surface area contributed by atoms with Crippen molar-refractivity contribution in [2.45, 2.75) is 6.18 Å². The Morgan fingerprint density at radius 2 is 1.90 bits per heavy atom. The minimum atomic E-state index is -4.57. The average molecular weight is 297 g/mol. The first-order valence-electron chi connectivity index (χ1n) is 5.83. The van der Waals surface area contributed by atoms with Crippen LogP contribution < -0.4 is 5.32 Å². The molecule has 1 aromatic heterocycles. The third-order valence-corrected chi connectivity index (χ3v) is 2.79. The fraction of sp³-hybridized carbons (Fsp3) is 0.154. The fourth-order valence-electron chi connectivity index (χ4n) is 1.84. The van der Waals surface area contributed by atoms with Crippen molar-refractivity contribution in [3.63, 3.8) is 0 Å². The molecule has 0 saturated carbocycles. The summed E-state index contributed by atoms with van der Waals surface area (Å²) in [6, 6.07) is 6.99. The van der Waals surface area contributed by atoms with Gasteiger partial charge in [-0.25, -0.2) is 4.98 Å². The Morgan fingerprint density at radius 1 is 1.24 bits per heavy atom. The van der Waals surface area contributed by atoms with E-state index in [0.29, 0.717) is 0 Å². The summed E-state index contributed by atoms with van der Waals surface area (Å²) in [6.07, 6.45) is -4.57. The molecule has 0 amide bonds. The molecule has 0 unspecified atom stereocenters. The monoisotopic (exact) mass is 297 g/mol. The third kappa shape index (κ3) is 3.10. The molecule has 5 nitrogen and oxygen atoms in total. The summed E-state index contributed by atoms with van der Waals surface area (Å²) in [5.74, 6) is 0.121. The van der Waals surface area contributed by atoms with Crippen LogP contribution in [0.3, 0.4) is 0 Å². The number of nitrogens with zero attached hydrogens (tertiary/aromatic N) is 2. The van der Waals surface area contributed by atoms with E-state index >= 15 is 0 Å². The highest BCUT2D eigenvalue weighted by Gasteiger charge is 2.34. The zero-order valence-electron chi connectivity index (χ0n) is 10.8. The van der Waals surface area contributed by atoms with E-state index in [4.69, 9.17) is 0 Å². The summed E-state index contributed by atoms with van der Waals surface area (Å²) >= 11 is 0. The van der Waals surface area contributed by atoms with Crippen LogP contribution in [0, 0.1) is 10.1 Å². The summed E-state index contributed by atoms with van der Waals surface area (Å²) in [7, 11) is 1.48. The van der Waals surface area contributed by atoms with Gasteiger partial charge in [-0.1, -0.05) is 18.2 Å². The van der Waals surface area contributed by atoms with Gasteiger partial charge in [0.1, 0.15) is 5.82 Å². The van der Waals surface area contributed by atoms with Gasteiger partial charge in [0, 0.05) is 18.7 Å². The Kier molecular flexibility index (Phi) is 3.79. The lowest BCUT2D eigenvalue weighted by atomic mass is 10.0. The molecule has 0 aliphatic heterocycles. The maximum atomic E-state index is 13.0. The quantitative estimate of drug-likeness (QED) is 0.692. The lowest BCUT2D eigenvalue weighted by Crippen LogP contribution is -2.08. The Balaban J connectivity index is 2.67. The molecule has 2 rings (SSSR count). The second-order valence-electron chi connectivity index (χ2n) is 4.15. The van der Waals surface area contributed by atoms with Crippen LogP contribution in [-0.4, -0.2) is 17.0 Å². The highest BCUT2D eigenvalue weighted by molar-refractivity contribution is 5.69. The van der Waals surface area contributed by atoms with E-state index in [1.165, 1.54) is 25.2 Å². The van der Waals surface area contributed by atoms with E-state index in [-0.39, 0.29) is 22.8 Å². The summed E-state index contributed by atoms with van der Waals surface area (Å²) in [5.41, 5.74) is -1.53. The van der Waals surface area contributed by atoms with Crippen molar-refractivity contribution in [3.8, 4) is 11.3 Å². The molecule has 2 aromatic rings. The van der Waals surface area contributed by atoms with E-state index in [0.717, 1.165) is 18.2 Å². The molecule has 0 aliphatic carbocycles. The minimum absolute atomic E-state index is 0.110. The molecule has 1 heterocycles. The SMILES string of the molecule is CNc1cc([N+](=O)[O-])cc(-c2ccccc2C(F)(F)F)n1. The number of benzene rings is 1. The molecule has 0 fully saturated rings. The minimum Gasteiger partial charge on any atom is -0.373 e. The Labute approximate surface area is 117 Å². The first-order valence-corrected chi connectivity index (χ1v) is 5.83. The molecular weight excluding hydrogens is 287 g/mol. The highest BCUT2D eigenvalue weighted by Crippen LogP contribution is 2.37. The predicted molar refractivity (Wildman–Crippen MR) is 70.9 cm³/mol. The van der Waals surface area contributed by atoms with Crippen LogP contribution >= 0.6 is 0 Å². The van der Waals surface area contributed by atoms with Crippen LogP contribution in [0.25, 0.3) is 11.3 Å². The van der Waals surface area contributed by atoms with Crippen molar-refractivity contribution in [2.75, 3.05) is 12.4 Å². The summed E-state index contributed by atoms with van der Waals surface area (Å²) in [4.78, 5) is 14.1. The number of hydrogen-bond acceptors (Lipinski definition) is 4. The molecule has 0 bridgehead atoms. The van der Waals surface area contributed by atoms with Gasteiger partial charge in [-0.2, -0.15) is 13.2 Å². The molecule has 0 saturated heterocycles. The standard InChI is InChI=1S/C13H10F3N3O2/c1-17-12-7-8(19(20)21)6-11(18-12)9-4-2-3-5-10(9)13(14,15)16/h2-7H,1H3,(H,17,18). The Hall–Kier alpha value is -2.64. The molecule has 0 atom stereocenters. The maximum Gasteiger partial charge on any atom is 0.417 e. The van der Waals surface area contributed by atoms with Crippen LogP contribution in [0.4, 0.5) is 24.7 Å². The maximum absolute atomic E-state index is 13.0. The molecule has 0 spiro atoms. The molecular formula is C13H10F3N3O2. The lowest BCUT2D eigenvalue weighted by molar-refractivity contribution is -0.384. The van der Waals surface area contributed by atoms with Crippen LogP contribution in [0.15, 0.2) is 36.4 Å². The largest absolute Gasteiger partial charge is 0.417 e. The summed E-state index contributed by atoms with van der Waals surface area (Å²) in [5, 5.41) is 13.5. The Morgan fingerprint density at radius 3 is 2.48 bits per heavy atom. The smallest absolute Gasteiger partial charge is 0.373 e. The molecule has 0 radical (unpaired) electrons. The highest BCUT2D eigenvalue weighted by atomic mass is 19.4. The molecule has 21 heavy (non-hydrogen) atoms. The third-order valence-electron chi connectivity index (χ3n) is 2.79. The number of nitrogens with one attached hydrogen (secondary N) is 1. The fourth-order valence-corrected chi connectivity index (χ4v) is 1.84. The molecule has 8 heteroatoms. The van der Waals surface area contributed by atoms with Crippen molar-refractivity contribution in [3.05, 3.63) is 52.1 Å². The molecule has 1 N–H and O–H groups in total. The first kappa shape index (κ1) is 14.8. The summed E-state index contributed by atoms with van der Waals surface area (Å²) in [6.45, 7) is 0. The van der Waals surface area contributed by atoms with E-state index in [9.17, 15) is 23.3 Å². The summed E-state index contributed by atoms with van der Waals surface area (Å²) < 4.78 is 39.0. The lowest BCUT2D eigenvalue weighted by Gasteiger charge is -2.12. The van der Waals surface area contributed by atoms with Crippen molar-refractivity contribution >= 4 is 11.5 Å². The number of rotatable bonds is 3. The van der Waals surface area contributed by atoms with Crippen LogP contribution in [0.2, 0.25) is 0 Å². The second kappa shape index (κ2) is 5.39. The number of hydrogen-bond donors (Lipinski definition) is 1. The van der Waals surface area contributed by atoms with E-state index < -0.39 is 16.7 Å². The van der Waals surface area contributed by atoms with Gasteiger partial charge in [0.15, 0.2) is 0 Å².